The van der Waals surface area contributed by atoms with Crippen LogP contribution < -0.4 is 10.4 Å². The first kappa shape index (κ1) is 19.2. The van der Waals surface area contributed by atoms with Crippen LogP contribution in [0.1, 0.15) is 20.3 Å². The number of benzene rings is 1. The molecule has 152 valence electrons. The second-order valence-electron chi connectivity index (χ2n) is 7.39. The maximum Gasteiger partial charge on any atom is 0.336 e. The van der Waals surface area contributed by atoms with Gasteiger partial charge in [0.1, 0.15) is 35.7 Å². The second kappa shape index (κ2) is 7.06. The highest BCUT2D eigenvalue weighted by molar-refractivity contribution is 6.01. The van der Waals surface area contributed by atoms with Crippen LogP contribution in [0, 0.1) is 0 Å². The van der Waals surface area contributed by atoms with E-state index in [0.29, 0.717) is 27.7 Å². The van der Waals surface area contributed by atoms with Crippen molar-refractivity contribution in [3.05, 3.63) is 52.6 Å². The summed E-state index contributed by atoms with van der Waals surface area (Å²) in [7, 11) is 0. The number of aliphatic hydroxyl groups is 2. The average Bonchev–Trinajstić information content (AvgIpc) is 3.23. The molecular formula is C21H20O8. The number of fused-ring (bicyclic) bond motifs is 2. The molecule has 1 aliphatic heterocycles. The molecule has 0 spiro atoms. The van der Waals surface area contributed by atoms with Crippen LogP contribution in [-0.4, -0.2) is 40.6 Å². The third kappa shape index (κ3) is 3.64. The molecule has 8 heteroatoms. The van der Waals surface area contributed by atoms with E-state index in [4.69, 9.17) is 18.3 Å². The summed E-state index contributed by atoms with van der Waals surface area (Å²) in [5, 5.41) is 22.4. The fraction of sp³-hybridized carbons (Fsp3) is 0.333. The van der Waals surface area contributed by atoms with Gasteiger partial charge in [-0.05, 0) is 32.1 Å². The Morgan fingerprint density at radius 1 is 1.21 bits per heavy atom. The summed E-state index contributed by atoms with van der Waals surface area (Å²) in [5.74, 6) is -0.0657. The first-order valence-electron chi connectivity index (χ1n) is 9.11. The van der Waals surface area contributed by atoms with Crippen molar-refractivity contribution in [1.82, 2.24) is 0 Å². The normalized spacial score (nSPS) is 19.8. The van der Waals surface area contributed by atoms with Crippen molar-refractivity contribution in [2.45, 2.75) is 38.1 Å². The van der Waals surface area contributed by atoms with Crippen LogP contribution in [0.25, 0.3) is 21.9 Å². The molecule has 0 fully saturated rings. The Kier molecular flexibility index (Phi) is 4.68. The summed E-state index contributed by atoms with van der Waals surface area (Å²) in [6, 6.07) is 6.13. The van der Waals surface area contributed by atoms with Crippen molar-refractivity contribution in [2.24, 2.45) is 0 Å². The summed E-state index contributed by atoms with van der Waals surface area (Å²) in [4.78, 5) is 23.0. The number of esters is 1. The monoisotopic (exact) mass is 400 g/mol. The summed E-state index contributed by atoms with van der Waals surface area (Å²) in [6.07, 6.45) is 1.23. The van der Waals surface area contributed by atoms with Gasteiger partial charge in [-0.1, -0.05) is 0 Å². The minimum absolute atomic E-state index is 0.0200. The minimum atomic E-state index is -1.57. The van der Waals surface area contributed by atoms with Crippen LogP contribution in [0.15, 0.2) is 55.8 Å². The van der Waals surface area contributed by atoms with Gasteiger partial charge >= 0.3 is 11.6 Å². The maximum absolute atomic E-state index is 11.5. The zero-order valence-electron chi connectivity index (χ0n) is 15.9. The molecule has 0 saturated carbocycles. The molecule has 2 aromatic heterocycles. The predicted octanol–water partition coefficient (Wildman–Crippen LogP) is 2.29. The lowest BCUT2D eigenvalue weighted by Crippen LogP contribution is -2.45. The zero-order valence-corrected chi connectivity index (χ0v) is 15.9. The van der Waals surface area contributed by atoms with Crippen molar-refractivity contribution in [2.75, 3.05) is 6.61 Å². The Morgan fingerprint density at radius 3 is 2.69 bits per heavy atom. The summed E-state index contributed by atoms with van der Waals surface area (Å²) in [6.45, 7) is 2.84. The second-order valence-corrected chi connectivity index (χ2v) is 7.39. The number of aliphatic hydroxyl groups excluding tert-OH is 1. The SMILES string of the molecule is CC1=CC(CC(C)(O)C(O)COc2c3ccoc3cc3oc(=O)ccc23)OC1=O. The van der Waals surface area contributed by atoms with Gasteiger partial charge in [0.2, 0.25) is 0 Å². The molecule has 0 bridgehead atoms. The standard InChI is InChI=1S/C21H20O8/c1-11-7-12(28-20(11)24)9-21(2,25)17(22)10-27-19-13-3-4-18(23)29-16(13)8-15-14(19)5-6-26-15/h3-8,12,17,22,25H,9-10H2,1-2H3. The van der Waals surface area contributed by atoms with Gasteiger partial charge in [-0.15, -0.1) is 0 Å². The Morgan fingerprint density at radius 2 is 1.97 bits per heavy atom. The van der Waals surface area contributed by atoms with Gasteiger partial charge in [-0.3, -0.25) is 0 Å². The number of carbonyl (C=O) groups is 1. The zero-order chi connectivity index (χ0) is 20.8. The third-order valence-electron chi connectivity index (χ3n) is 5.04. The first-order valence-corrected chi connectivity index (χ1v) is 9.11. The average molecular weight is 400 g/mol. The number of cyclic esters (lactones) is 1. The van der Waals surface area contributed by atoms with Crippen LogP contribution in [0.5, 0.6) is 5.75 Å². The topological polar surface area (TPSA) is 119 Å². The molecule has 4 rings (SSSR count). The van der Waals surface area contributed by atoms with E-state index in [-0.39, 0.29) is 18.6 Å². The largest absolute Gasteiger partial charge is 0.489 e. The van der Waals surface area contributed by atoms with E-state index in [0.717, 1.165) is 0 Å². The Balaban J connectivity index is 1.56. The molecule has 0 aliphatic carbocycles. The Labute approximate surface area is 164 Å². The lowest BCUT2D eigenvalue weighted by molar-refractivity contribution is -0.144. The van der Waals surface area contributed by atoms with E-state index in [1.54, 1.807) is 31.2 Å². The van der Waals surface area contributed by atoms with Crippen molar-refractivity contribution in [1.29, 1.82) is 0 Å². The molecule has 0 saturated heterocycles. The quantitative estimate of drug-likeness (QED) is 0.478. The molecule has 2 N–H and O–H groups in total. The van der Waals surface area contributed by atoms with Gasteiger partial charge < -0.3 is 28.5 Å². The third-order valence-corrected chi connectivity index (χ3v) is 5.04. The lowest BCUT2D eigenvalue weighted by atomic mass is 9.92. The van der Waals surface area contributed by atoms with Crippen LogP contribution >= 0.6 is 0 Å². The fourth-order valence-corrected chi connectivity index (χ4v) is 3.36. The Bertz CT molecular complexity index is 1170. The Hall–Kier alpha value is -3.10. The van der Waals surface area contributed by atoms with Crippen LogP contribution in [0.2, 0.25) is 0 Å². The van der Waals surface area contributed by atoms with E-state index >= 15 is 0 Å². The molecule has 3 aromatic rings. The van der Waals surface area contributed by atoms with Crippen LogP contribution in [0.4, 0.5) is 0 Å². The van der Waals surface area contributed by atoms with Crippen molar-refractivity contribution in [3.63, 3.8) is 0 Å². The number of carbonyl (C=O) groups excluding carboxylic acids is 1. The van der Waals surface area contributed by atoms with E-state index in [1.165, 1.54) is 19.3 Å². The summed E-state index contributed by atoms with van der Waals surface area (Å²) < 4.78 is 21.6. The highest BCUT2D eigenvalue weighted by Gasteiger charge is 2.37. The molecule has 1 aliphatic rings. The van der Waals surface area contributed by atoms with Crippen LogP contribution in [-0.2, 0) is 9.53 Å². The van der Waals surface area contributed by atoms with E-state index in [2.05, 4.69) is 0 Å². The smallest absolute Gasteiger partial charge is 0.336 e. The van der Waals surface area contributed by atoms with Gasteiger partial charge in [0.25, 0.3) is 0 Å². The lowest BCUT2D eigenvalue weighted by Gasteiger charge is -2.30. The van der Waals surface area contributed by atoms with Gasteiger partial charge in [0.15, 0.2) is 0 Å². The summed E-state index contributed by atoms with van der Waals surface area (Å²) in [5.41, 5.74) is -0.863. The number of rotatable bonds is 6. The summed E-state index contributed by atoms with van der Waals surface area (Å²) >= 11 is 0. The number of ether oxygens (including phenoxy) is 2. The molecule has 1 aromatic carbocycles. The fourth-order valence-electron chi connectivity index (χ4n) is 3.36. The van der Waals surface area contributed by atoms with E-state index < -0.39 is 29.4 Å². The first-order chi connectivity index (χ1) is 13.7. The van der Waals surface area contributed by atoms with Gasteiger partial charge in [0.05, 0.1) is 22.6 Å². The van der Waals surface area contributed by atoms with Crippen molar-refractivity contribution in [3.8, 4) is 5.75 Å². The van der Waals surface area contributed by atoms with Crippen molar-refractivity contribution >= 4 is 27.9 Å². The number of hydrogen-bond donors (Lipinski definition) is 2. The molecule has 3 heterocycles. The van der Waals surface area contributed by atoms with E-state index in [1.807, 2.05) is 0 Å². The van der Waals surface area contributed by atoms with E-state index in [9.17, 15) is 19.8 Å². The molecule has 29 heavy (non-hydrogen) atoms. The predicted molar refractivity (Wildman–Crippen MR) is 103 cm³/mol. The molecule has 0 amide bonds. The highest BCUT2D eigenvalue weighted by Crippen LogP contribution is 2.35. The maximum atomic E-state index is 11.5. The van der Waals surface area contributed by atoms with Crippen molar-refractivity contribution < 1.29 is 33.3 Å². The molecule has 8 nitrogen and oxygen atoms in total. The molecule has 3 unspecified atom stereocenters. The highest BCUT2D eigenvalue weighted by atomic mass is 16.5. The molecular weight excluding hydrogens is 380 g/mol. The molecule has 0 radical (unpaired) electrons. The van der Waals surface area contributed by atoms with Gasteiger partial charge in [-0.2, -0.15) is 0 Å². The number of furan rings is 1. The van der Waals surface area contributed by atoms with Gasteiger partial charge in [0, 0.05) is 24.1 Å². The van der Waals surface area contributed by atoms with Gasteiger partial charge in [-0.25, -0.2) is 9.59 Å². The number of hydrogen-bond acceptors (Lipinski definition) is 8. The van der Waals surface area contributed by atoms with Crippen LogP contribution in [0.3, 0.4) is 0 Å². The molecule has 3 atom stereocenters. The minimum Gasteiger partial charge on any atom is -0.489 e.